The first kappa shape index (κ1) is 22.7. The van der Waals surface area contributed by atoms with E-state index in [4.69, 9.17) is 28.9 Å². The lowest BCUT2D eigenvalue weighted by Crippen LogP contribution is -2.21. The van der Waals surface area contributed by atoms with Gasteiger partial charge in [0, 0.05) is 16.8 Å². The molecule has 0 amide bonds. The average Bonchev–Trinajstić information content (AvgIpc) is 3.29. The lowest BCUT2D eigenvalue weighted by molar-refractivity contribution is 0.958. The Morgan fingerprint density at radius 1 is 0.714 bits per heavy atom. The maximum atomic E-state index is 6.34. The first-order chi connectivity index (χ1) is 17.2. The van der Waals surface area contributed by atoms with Gasteiger partial charge in [0.05, 0.1) is 5.02 Å². The fourth-order valence-electron chi connectivity index (χ4n) is 3.63. The standard InChI is InChI=1S/C28H20ClN5S/c29-23-18-10-11-19-24(23)31-32-26-25(20-12-4-1-5-13-20)33-34(27(26)21-14-6-2-7-15-21)28(35)30-22-16-8-3-9-17-22/h1-19H,(H,30,35). The highest BCUT2D eigenvalue weighted by Gasteiger charge is 2.23. The van der Waals surface area contributed by atoms with Crippen LogP contribution in [0.4, 0.5) is 17.1 Å². The number of hydrogen-bond donors (Lipinski definition) is 1. The van der Waals surface area contributed by atoms with Crippen molar-refractivity contribution >= 4 is 46.0 Å². The zero-order valence-electron chi connectivity index (χ0n) is 18.5. The van der Waals surface area contributed by atoms with Crippen molar-refractivity contribution in [1.29, 1.82) is 0 Å². The molecule has 0 radical (unpaired) electrons. The molecule has 0 aliphatic heterocycles. The zero-order valence-corrected chi connectivity index (χ0v) is 20.1. The van der Waals surface area contributed by atoms with E-state index in [-0.39, 0.29) is 0 Å². The minimum atomic E-state index is 0.423. The van der Waals surface area contributed by atoms with Crippen LogP contribution in [0.15, 0.2) is 125 Å². The van der Waals surface area contributed by atoms with Gasteiger partial charge < -0.3 is 5.32 Å². The molecule has 0 saturated carbocycles. The van der Waals surface area contributed by atoms with E-state index >= 15 is 0 Å². The van der Waals surface area contributed by atoms with Crippen LogP contribution >= 0.6 is 23.8 Å². The van der Waals surface area contributed by atoms with Crippen LogP contribution in [0.25, 0.3) is 22.5 Å². The zero-order chi connectivity index (χ0) is 24.0. The van der Waals surface area contributed by atoms with Crippen molar-refractivity contribution < 1.29 is 0 Å². The van der Waals surface area contributed by atoms with Crippen molar-refractivity contribution in [2.24, 2.45) is 10.2 Å². The quantitative estimate of drug-likeness (QED) is 0.197. The molecule has 5 aromatic rings. The number of nitrogens with zero attached hydrogens (tertiary/aromatic N) is 4. The van der Waals surface area contributed by atoms with E-state index < -0.39 is 0 Å². The molecule has 5 rings (SSSR count). The second kappa shape index (κ2) is 10.4. The van der Waals surface area contributed by atoms with Crippen LogP contribution in [-0.4, -0.2) is 14.9 Å². The van der Waals surface area contributed by atoms with Crippen molar-refractivity contribution in [1.82, 2.24) is 9.78 Å². The van der Waals surface area contributed by atoms with Gasteiger partial charge in [-0.05, 0) is 36.5 Å². The SMILES string of the molecule is S=C(Nc1ccccc1)n1nc(-c2ccccc2)c(N=Nc2ccccc2Cl)c1-c1ccccc1. The van der Waals surface area contributed by atoms with E-state index in [1.165, 1.54) is 0 Å². The Hall–Kier alpha value is -4.13. The molecule has 0 fully saturated rings. The van der Waals surface area contributed by atoms with Crippen molar-refractivity contribution in [2.45, 2.75) is 0 Å². The van der Waals surface area contributed by atoms with Crippen LogP contribution in [0.2, 0.25) is 5.02 Å². The Morgan fingerprint density at radius 2 is 1.29 bits per heavy atom. The number of anilines is 1. The maximum absolute atomic E-state index is 6.34. The lowest BCUT2D eigenvalue weighted by Gasteiger charge is -2.11. The highest BCUT2D eigenvalue weighted by atomic mass is 35.5. The molecule has 7 heteroatoms. The number of halogens is 1. The largest absolute Gasteiger partial charge is 0.331 e. The van der Waals surface area contributed by atoms with Gasteiger partial charge in [-0.25, -0.2) is 4.68 Å². The van der Waals surface area contributed by atoms with Gasteiger partial charge in [0.15, 0.2) is 5.11 Å². The summed E-state index contributed by atoms with van der Waals surface area (Å²) in [7, 11) is 0. The Morgan fingerprint density at radius 3 is 1.94 bits per heavy atom. The van der Waals surface area contributed by atoms with Gasteiger partial charge in [-0.3, -0.25) is 0 Å². The highest BCUT2D eigenvalue weighted by molar-refractivity contribution is 7.80. The van der Waals surface area contributed by atoms with Gasteiger partial charge in [0.2, 0.25) is 0 Å². The van der Waals surface area contributed by atoms with Gasteiger partial charge in [-0.1, -0.05) is 103 Å². The third kappa shape index (κ3) is 5.04. The number of benzene rings is 4. The summed E-state index contributed by atoms with van der Waals surface area (Å²) in [5.41, 5.74) is 5.25. The van der Waals surface area contributed by atoms with E-state index in [0.717, 1.165) is 22.5 Å². The lowest BCUT2D eigenvalue weighted by atomic mass is 10.1. The normalized spacial score (nSPS) is 11.0. The number of aromatic nitrogens is 2. The fraction of sp³-hybridized carbons (Fsp3) is 0. The summed E-state index contributed by atoms with van der Waals surface area (Å²) in [4.78, 5) is 0. The molecule has 1 aromatic heterocycles. The van der Waals surface area contributed by atoms with E-state index in [0.29, 0.717) is 27.2 Å². The molecule has 0 aliphatic rings. The summed E-state index contributed by atoms with van der Waals surface area (Å²) >= 11 is 12.2. The Labute approximate surface area is 213 Å². The molecule has 0 unspecified atom stereocenters. The molecule has 1 heterocycles. The fourth-order valence-corrected chi connectivity index (χ4v) is 4.06. The number of azo groups is 1. The first-order valence-corrected chi connectivity index (χ1v) is 11.8. The Kier molecular flexibility index (Phi) is 6.75. The number of rotatable bonds is 5. The van der Waals surface area contributed by atoms with Gasteiger partial charge in [0.25, 0.3) is 0 Å². The van der Waals surface area contributed by atoms with Crippen LogP contribution in [0, 0.1) is 0 Å². The topological polar surface area (TPSA) is 54.6 Å². The molecule has 170 valence electrons. The third-order valence-electron chi connectivity index (χ3n) is 5.28. The Balaban J connectivity index is 1.71. The van der Waals surface area contributed by atoms with Gasteiger partial charge in [-0.15, -0.1) is 10.2 Å². The summed E-state index contributed by atoms with van der Waals surface area (Å²) in [6.07, 6.45) is 0. The predicted molar refractivity (Wildman–Crippen MR) is 147 cm³/mol. The first-order valence-electron chi connectivity index (χ1n) is 11.0. The van der Waals surface area contributed by atoms with Crippen LogP contribution in [0.1, 0.15) is 0 Å². The summed E-state index contributed by atoms with van der Waals surface area (Å²) in [5.74, 6) is 0. The van der Waals surface area contributed by atoms with E-state index in [1.54, 1.807) is 10.7 Å². The predicted octanol–water partition coefficient (Wildman–Crippen LogP) is 8.53. The average molecular weight is 494 g/mol. The maximum Gasteiger partial charge on any atom is 0.199 e. The van der Waals surface area contributed by atoms with Crippen molar-refractivity contribution in [3.8, 4) is 22.5 Å². The smallest absolute Gasteiger partial charge is 0.199 e. The van der Waals surface area contributed by atoms with Crippen LogP contribution in [0.3, 0.4) is 0 Å². The molecule has 0 aliphatic carbocycles. The number of para-hydroxylation sites is 1. The second-order valence-electron chi connectivity index (χ2n) is 7.64. The van der Waals surface area contributed by atoms with Crippen molar-refractivity contribution in [3.63, 3.8) is 0 Å². The molecular weight excluding hydrogens is 474 g/mol. The number of thiocarbonyl (C=S) groups is 1. The molecule has 5 nitrogen and oxygen atoms in total. The highest BCUT2D eigenvalue weighted by Crippen LogP contribution is 2.40. The monoisotopic (exact) mass is 493 g/mol. The van der Waals surface area contributed by atoms with Gasteiger partial charge in [0.1, 0.15) is 22.8 Å². The molecule has 0 saturated heterocycles. The molecule has 0 bridgehead atoms. The second-order valence-corrected chi connectivity index (χ2v) is 8.43. The summed E-state index contributed by atoms with van der Waals surface area (Å²) < 4.78 is 1.71. The van der Waals surface area contributed by atoms with Crippen LogP contribution < -0.4 is 5.32 Å². The van der Waals surface area contributed by atoms with Crippen molar-refractivity contribution in [3.05, 3.63) is 120 Å². The molecular formula is C28H20ClN5S. The molecule has 0 atom stereocenters. The number of hydrogen-bond acceptors (Lipinski definition) is 4. The number of nitrogens with one attached hydrogen (secondary N) is 1. The van der Waals surface area contributed by atoms with Crippen molar-refractivity contribution in [2.75, 3.05) is 5.32 Å². The molecule has 0 spiro atoms. The van der Waals surface area contributed by atoms with Gasteiger partial charge >= 0.3 is 0 Å². The minimum absolute atomic E-state index is 0.423. The van der Waals surface area contributed by atoms with Crippen LogP contribution in [0.5, 0.6) is 0 Å². The van der Waals surface area contributed by atoms with Gasteiger partial charge in [-0.2, -0.15) is 5.10 Å². The van der Waals surface area contributed by atoms with E-state index in [9.17, 15) is 0 Å². The Bertz CT molecular complexity index is 1480. The molecule has 4 aromatic carbocycles. The molecule has 35 heavy (non-hydrogen) atoms. The van der Waals surface area contributed by atoms with E-state index in [2.05, 4.69) is 15.5 Å². The van der Waals surface area contributed by atoms with Crippen LogP contribution in [-0.2, 0) is 0 Å². The van der Waals surface area contributed by atoms with E-state index in [1.807, 2.05) is 109 Å². The molecule has 1 N–H and O–H groups in total. The summed E-state index contributed by atoms with van der Waals surface area (Å²) in [6, 6.07) is 36.9. The minimum Gasteiger partial charge on any atom is -0.331 e. The third-order valence-corrected chi connectivity index (χ3v) is 5.88. The summed E-state index contributed by atoms with van der Waals surface area (Å²) in [5, 5.41) is 18.3. The summed E-state index contributed by atoms with van der Waals surface area (Å²) in [6.45, 7) is 0.